The van der Waals surface area contributed by atoms with Crippen LogP contribution in [0.4, 0.5) is 0 Å². The van der Waals surface area contributed by atoms with E-state index in [4.69, 9.17) is 11.6 Å². The number of hydrogen-bond acceptors (Lipinski definition) is 1. The molecule has 0 aliphatic heterocycles. The van der Waals surface area contributed by atoms with Crippen LogP contribution < -0.4 is 0 Å². The summed E-state index contributed by atoms with van der Waals surface area (Å²) in [5.41, 5.74) is 1.17. The molecule has 1 atom stereocenters. The van der Waals surface area contributed by atoms with Gasteiger partial charge in [-0.05, 0) is 12.0 Å². The van der Waals surface area contributed by atoms with Crippen molar-refractivity contribution in [1.82, 2.24) is 0 Å². The van der Waals surface area contributed by atoms with Crippen LogP contribution in [0, 0.1) is 0 Å². The first-order chi connectivity index (χ1) is 6.20. The highest BCUT2D eigenvalue weighted by Crippen LogP contribution is 2.11. The standard InChI is InChI=1S/C10H10BrClO/c11-10(12)9(13)7-6-8-4-2-1-3-5-8/h1-5,10H,6-7H2. The van der Waals surface area contributed by atoms with Crippen LogP contribution in [0.3, 0.4) is 0 Å². The lowest BCUT2D eigenvalue weighted by atomic mass is 10.1. The van der Waals surface area contributed by atoms with Gasteiger partial charge in [0.2, 0.25) is 0 Å². The predicted molar refractivity (Wildman–Crippen MR) is 58.3 cm³/mol. The Morgan fingerprint density at radius 1 is 1.38 bits per heavy atom. The van der Waals surface area contributed by atoms with Crippen molar-refractivity contribution in [3.05, 3.63) is 35.9 Å². The Balaban J connectivity index is 2.40. The van der Waals surface area contributed by atoms with Gasteiger partial charge in [0, 0.05) is 6.42 Å². The molecule has 0 amide bonds. The third-order valence-corrected chi connectivity index (χ3v) is 2.50. The molecule has 1 aromatic rings. The summed E-state index contributed by atoms with van der Waals surface area (Å²) in [7, 11) is 0. The molecular formula is C10H10BrClO. The minimum Gasteiger partial charge on any atom is -0.297 e. The lowest BCUT2D eigenvalue weighted by Crippen LogP contribution is -2.07. The Labute approximate surface area is 91.2 Å². The fraction of sp³-hybridized carbons (Fsp3) is 0.300. The fourth-order valence-electron chi connectivity index (χ4n) is 1.02. The molecule has 0 radical (unpaired) electrons. The van der Waals surface area contributed by atoms with Crippen molar-refractivity contribution in [3.63, 3.8) is 0 Å². The van der Waals surface area contributed by atoms with Gasteiger partial charge in [0.25, 0.3) is 0 Å². The zero-order valence-electron chi connectivity index (χ0n) is 7.04. The van der Waals surface area contributed by atoms with Crippen LogP contribution in [0.2, 0.25) is 0 Å². The maximum atomic E-state index is 11.1. The molecule has 0 saturated heterocycles. The van der Waals surface area contributed by atoms with Gasteiger partial charge < -0.3 is 0 Å². The van der Waals surface area contributed by atoms with Gasteiger partial charge in [-0.15, -0.1) is 11.6 Å². The summed E-state index contributed by atoms with van der Waals surface area (Å²) < 4.78 is -0.545. The quantitative estimate of drug-likeness (QED) is 0.761. The second-order valence-corrected chi connectivity index (χ2v) is 4.63. The summed E-state index contributed by atoms with van der Waals surface area (Å²) >= 11 is 8.59. The largest absolute Gasteiger partial charge is 0.297 e. The van der Waals surface area contributed by atoms with E-state index in [0.717, 1.165) is 6.42 Å². The third-order valence-electron chi connectivity index (χ3n) is 1.75. The highest BCUT2D eigenvalue weighted by atomic mass is 79.9. The average Bonchev–Trinajstić information content (AvgIpc) is 2.15. The van der Waals surface area contributed by atoms with E-state index in [9.17, 15) is 4.79 Å². The molecule has 1 rings (SSSR count). The lowest BCUT2D eigenvalue weighted by Gasteiger charge is -2.01. The van der Waals surface area contributed by atoms with Gasteiger partial charge in [-0.25, -0.2) is 0 Å². The molecule has 0 N–H and O–H groups in total. The van der Waals surface area contributed by atoms with Crippen LogP contribution >= 0.6 is 27.5 Å². The van der Waals surface area contributed by atoms with Crippen molar-refractivity contribution in [3.8, 4) is 0 Å². The van der Waals surface area contributed by atoms with E-state index in [1.54, 1.807) is 0 Å². The van der Waals surface area contributed by atoms with Crippen molar-refractivity contribution >= 4 is 33.3 Å². The minimum atomic E-state index is -0.545. The molecule has 1 aromatic carbocycles. The van der Waals surface area contributed by atoms with Crippen LogP contribution in [0.25, 0.3) is 0 Å². The number of Topliss-reactive ketones (excluding diaryl/α,β-unsaturated/α-hetero) is 1. The molecular weight excluding hydrogens is 251 g/mol. The molecule has 0 bridgehead atoms. The van der Waals surface area contributed by atoms with E-state index < -0.39 is 4.29 Å². The smallest absolute Gasteiger partial charge is 0.161 e. The lowest BCUT2D eigenvalue weighted by molar-refractivity contribution is -0.117. The van der Waals surface area contributed by atoms with Crippen LogP contribution in [0.1, 0.15) is 12.0 Å². The first kappa shape index (κ1) is 10.7. The number of alkyl halides is 2. The molecule has 3 heteroatoms. The Morgan fingerprint density at radius 2 is 2.00 bits per heavy atom. The average molecular weight is 262 g/mol. The molecule has 0 saturated carbocycles. The zero-order chi connectivity index (χ0) is 9.68. The Morgan fingerprint density at radius 3 is 2.54 bits per heavy atom. The number of carbonyl (C=O) groups excluding carboxylic acids is 1. The number of benzene rings is 1. The van der Waals surface area contributed by atoms with Crippen molar-refractivity contribution in [1.29, 1.82) is 0 Å². The summed E-state index contributed by atoms with van der Waals surface area (Å²) in [5, 5.41) is 0. The molecule has 1 nitrogen and oxygen atoms in total. The zero-order valence-corrected chi connectivity index (χ0v) is 9.38. The van der Waals surface area contributed by atoms with Crippen molar-refractivity contribution in [2.45, 2.75) is 17.1 Å². The SMILES string of the molecule is O=C(CCc1ccccc1)C(Cl)Br. The van der Waals surface area contributed by atoms with E-state index in [-0.39, 0.29) is 5.78 Å². The maximum Gasteiger partial charge on any atom is 0.161 e. The van der Waals surface area contributed by atoms with Gasteiger partial charge in [0.05, 0.1) is 0 Å². The monoisotopic (exact) mass is 260 g/mol. The second kappa shape index (κ2) is 5.40. The third kappa shape index (κ3) is 3.92. The van der Waals surface area contributed by atoms with Crippen molar-refractivity contribution < 1.29 is 4.79 Å². The normalized spacial score (nSPS) is 12.5. The van der Waals surface area contributed by atoms with Gasteiger partial charge in [-0.2, -0.15) is 0 Å². The fourth-order valence-corrected chi connectivity index (χ4v) is 1.36. The van der Waals surface area contributed by atoms with Crippen molar-refractivity contribution in [2.75, 3.05) is 0 Å². The number of rotatable bonds is 4. The highest BCUT2D eigenvalue weighted by molar-refractivity contribution is 9.10. The molecule has 1 unspecified atom stereocenters. The van der Waals surface area contributed by atoms with Gasteiger partial charge in [-0.1, -0.05) is 46.3 Å². The van der Waals surface area contributed by atoms with E-state index in [1.165, 1.54) is 5.56 Å². The Hall–Kier alpha value is -0.340. The Kier molecular flexibility index (Phi) is 4.46. The van der Waals surface area contributed by atoms with Gasteiger partial charge in [-0.3, -0.25) is 4.79 Å². The van der Waals surface area contributed by atoms with Crippen LogP contribution in [-0.4, -0.2) is 10.1 Å². The first-order valence-electron chi connectivity index (χ1n) is 4.05. The van der Waals surface area contributed by atoms with Crippen molar-refractivity contribution in [2.24, 2.45) is 0 Å². The number of halogens is 2. The number of carbonyl (C=O) groups is 1. The second-order valence-electron chi connectivity index (χ2n) is 2.75. The number of ketones is 1. The van der Waals surface area contributed by atoms with E-state index >= 15 is 0 Å². The molecule has 0 aliphatic carbocycles. The summed E-state index contributed by atoms with van der Waals surface area (Å²) in [4.78, 5) is 11.1. The Bertz CT molecular complexity index is 272. The summed E-state index contributed by atoms with van der Waals surface area (Å²) in [6.07, 6.45) is 1.25. The van der Waals surface area contributed by atoms with Gasteiger partial charge in [0.1, 0.15) is 4.29 Å². The molecule has 0 aromatic heterocycles. The molecule has 0 heterocycles. The summed E-state index contributed by atoms with van der Waals surface area (Å²) in [6.45, 7) is 0. The minimum absolute atomic E-state index is 0.0329. The molecule has 70 valence electrons. The summed E-state index contributed by atoms with van der Waals surface area (Å²) in [5.74, 6) is 0.0329. The number of hydrogen-bond donors (Lipinski definition) is 0. The van der Waals surface area contributed by atoms with Gasteiger partial charge in [0.15, 0.2) is 5.78 Å². The summed E-state index contributed by atoms with van der Waals surface area (Å²) in [6, 6.07) is 9.90. The topological polar surface area (TPSA) is 17.1 Å². The first-order valence-corrected chi connectivity index (χ1v) is 5.40. The van der Waals surface area contributed by atoms with Crippen LogP contribution in [0.5, 0.6) is 0 Å². The molecule has 0 spiro atoms. The van der Waals surface area contributed by atoms with E-state index in [2.05, 4.69) is 15.9 Å². The maximum absolute atomic E-state index is 11.1. The highest BCUT2D eigenvalue weighted by Gasteiger charge is 2.10. The molecule has 13 heavy (non-hydrogen) atoms. The van der Waals surface area contributed by atoms with Crippen LogP contribution in [0.15, 0.2) is 30.3 Å². The van der Waals surface area contributed by atoms with Crippen LogP contribution in [-0.2, 0) is 11.2 Å². The molecule has 0 fully saturated rings. The van der Waals surface area contributed by atoms with E-state index in [0.29, 0.717) is 6.42 Å². The number of aryl methyl sites for hydroxylation is 1. The van der Waals surface area contributed by atoms with E-state index in [1.807, 2.05) is 30.3 Å². The molecule has 0 aliphatic rings. The predicted octanol–water partition coefficient (Wildman–Crippen LogP) is 3.15. The van der Waals surface area contributed by atoms with Gasteiger partial charge >= 0.3 is 0 Å².